The molecule has 1 atom stereocenters. The number of rotatable bonds is 6. The van der Waals surface area contributed by atoms with E-state index in [4.69, 9.17) is 4.74 Å². The highest BCUT2D eigenvalue weighted by molar-refractivity contribution is 7.26. The fourth-order valence-corrected chi connectivity index (χ4v) is 4.31. The molecule has 0 unspecified atom stereocenters. The van der Waals surface area contributed by atoms with Gasteiger partial charge >= 0.3 is 5.97 Å². The van der Waals surface area contributed by atoms with Gasteiger partial charge in [0.25, 0.3) is 0 Å². The van der Waals surface area contributed by atoms with E-state index >= 15 is 0 Å². The van der Waals surface area contributed by atoms with Crippen molar-refractivity contribution in [2.75, 3.05) is 6.61 Å². The van der Waals surface area contributed by atoms with Crippen LogP contribution in [0.2, 0.25) is 19.6 Å². The summed E-state index contributed by atoms with van der Waals surface area (Å²) in [5.41, 5.74) is 0. The number of aliphatic hydroxyl groups is 1. The summed E-state index contributed by atoms with van der Waals surface area (Å²) < 4.78 is 6.31. The van der Waals surface area contributed by atoms with Crippen molar-refractivity contribution in [3.63, 3.8) is 0 Å². The van der Waals surface area contributed by atoms with E-state index in [-0.39, 0.29) is 0 Å². The topological polar surface area (TPSA) is 46.5 Å². The van der Waals surface area contributed by atoms with Crippen LogP contribution < -0.4 is 4.50 Å². The molecule has 0 bridgehead atoms. The van der Waals surface area contributed by atoms with Gasteiger partial charge in [0.1, 0.15) is 0 Å². The minimum atomic E-state index is -1.37. The standard InChI is InChI=1S/C13H22O3SSi/c1-5-6-9-16-13(15)12(14)10-7-8-11(17-10)18(2,3)4/h7-8,12,14H,5-6,9H2,1-4H3/t12-/m1/s1. The molecule has 0 aromatic carbocycles. The van der Waals surface area contributed by atoms with E-state index in [0.717, 1.165) is 12.8 Å². The molecule has 18 heavy (non-hydrogen) atoms. The molecule has 1 heterocycles. The van der Waals surface area contributed by atoms with Crippen molar-refractivity contribution in [1.82, 2.24) is 0 Å². The minimum absolute atomic E-state index is 0.388. The van der Waals surface area contributed by atoms with Gasteiger partial charge in [-0.05, 0) is 17.0 Å². The molecule has 1 aromatic rings. The van der Waals surface area contributed by atoms with Gasteiger partial charge in [-0.2, -0.15) is 0 Å². The van der Waals surface area contributed by atoms with Gasteiger partial charge in [-0.1, -0.05) is 39.1 Å². The second-order valence-corrected chi connectivity index (χ2v) is 11.9. The van der Waals surface area contributed by atoms with Crippen LogP contribution in [-0.2, 0) is 9.53 Å². The lowest BCUT2D eigenvalue weighted by Gasteiger charge is -2.13. The first-order valence-electron chi connectivity index (χ1n) is 6.31. The third-order valence-corrected chi connectivity index (χ3v) is 7.34. The molecule has 0 saturated heterocycles. The van der Waals surface area contributed by atoms with Gasteiger partial charge in [0.2, 0.25) is 0 Å². The molecule has 1 N–H and O–H groups in total. The predicted molar refractivity (Wildman–Crippen MR) is 78.1 cm³/mol. The summed E-state index contributed by atoms with van der Waals surface area (Å²) in [6.45, 7) is 9.15. The van der Waals surface area contributed by atoms with E-state index in [1.165, 1.54) is 15.8 Å². The normalized spacial score (nSPS) is 13.4. The van der Waals surface area contributed by atoms with Crippen molar-refractivity contribution in [1.29, 1.82) is 0 Å². The second kappa shape index (κ2) is 6.50. The number of carbonyl (C=O) groups is 1. The highest BCUT2D eigenvalue weighted by Crippen LogP contribution is 2.21. The maximum absolute atomic E-state index is 11.6. The number of carbonyl (C=O) groups excluding carboxylic acids is 1. The number of hydrogen-bond acceptors (Lipinski definition) is 4. The van der Waals surface area contributed by atoms with Crippen molar-refractivity contribution >= 4 is 29.9 Å². The Morgan fingerprint density at radius 2 is 2.11 bits per heavy atom. The smallest absolute Gasteiger partial charge is 0.340 e. The number of esters is 1. The minimum Gasteiger partial charge on any atom is -0.463 e. The van der Waals surface area contributed by atoms with Gasteiger partial charge in [-0.3, -0.25) is 0 Å². The van der Waals surface area contributed by atoms with Gasteiger partial charge in [-0.25, -0.2) is 4.79 Å². The first-order valence-corrected chi connectivity index (χ1v) is 10.6. The zero-order valence-corrected chi connectivity index (χ0v) is 13.3. The molecule has 102 valence electrons. The molecular formula is C13H22O3SSi. The third kappa shape index (κ3) is 4.22. The number of thiophene rings is 1. The number of hydrogen-bond donors (Lipinski definition) is 1. The molecular weight excluding hydrogens is 264 g/mol. The van der Waals surface area contributed by atoms with Crippen LogP contribution in [0.4, 0.5) is 0 Å². The zero-order valence-electron chi connectivity index (χ0n) is 11.5. The SMILES string of the molecule is CCCCOC(=O)[C@H](O)c1ccc([Si](C)(C)C)s1. The lowest BCUT2D eigenvalue weighted by atomic mass is 10.3. The highest BCUT2D eigenvalue weighted by Gasteiger charge is 2.24. The van der Waals surface area contributed by atoms with Crippen LogP contribution in [0.1, 0.15) is 30.7 Å². The number of aliphatic hydroxyl groups excluding tert-OH is 1. The van der Waals surface area contributed by atoms with E-state index < -0.39 is 20.1 Å². The zero-order chi connectivity index (χ0) is 13.8. The van der Waals surface area contributed by atoms with Gasteiger partial charge in [0, 0.05) is 4.88 Å². The Bertz CT molecular complexity index is 395. The van der Waals surface area contributed by atoms with Crippen LogP contribution in [0, 0.1) is 0 Å². The second-order valence-electron chi connectivity index (χ2n) is 5.38. The van der Waals surface area contributed by atoms with Crippen LogP contribution >= 0.6 is 11.3 Å². The molecule has 0 amide bonds. The average Bonchev–Trinajstić information content (AvgIpc) is 2.77. The first kappa shape index (κ1) is 15.4. The lowest BCUT2D eigenvalue weighted by molar-refractivity contribution is -0.153. The van der Waals surface area contributed by atoms with Gasteiger partial charge in [0.05, 0.1) is 14.7 Å². The molecule has 1 aromatic heterocycles. The van der Waals surface area contributed by atoms with Crippen molar-refractivity contribution in [3.8, 4) is 0 Å². The Kier molecular flexibility index (Phi) is 5.56. The fraction of sp³-hybridized carbons (Fsp3) is 0.615. The quantitative estimate of drug-likeness (QED) is 0.497. The molecule has 5 heteroatoms. The summed E-state index contributed by atoms with van der Waals surface area (Å²) in [4.78, 5) is 12.3. The Labute approximate surface area is 114 Å². The largest absolute Gasteiger partial charge is 0.463 e. The summed E-state index contributed by atoms with van der Waals surface area (Å²) in [7, 11) is -1.37. The lowest BCUT2D eigenvalue weighted by Crippen LogP contribution is -2.34. The van der Waals surface area contributed by atoms with Crippen LogP contribution in [0.3, 0.4) is 0 Å². The molecule has 0 aliphatic rings. The van der Waals surface area contributed by atoms with Crippen molar-refractivity contribution in [2.45, 2.75) is 45.5 Å². The van der Waals surface area contributed by atoms with Crippen LogP contribution in [0.15, 0.2) is 12.1 Å². The summed E-state index contributed by atoms with van der Waals surface area (Å²) in [5.74, 6) is -0.535. The van der Waals surface area contributed by atoms with Crippen molar-refractivity contribution in [3.05, 3.63) is 17.0 Å². The Morgan fingerprint density at radius 1 is 1.44 bits per heavy atom. The Balaban J connectivity index is 2.64. The van der Waals surface area contributed by atoms with E-state index in [1.807, 2.05) is 19.1 Å². The maximum atomic E-state index is 11.6. The average molecular weight is 286 g/mol. The molecule has 0 saturated carbocycles. The highest BCUT2D eigenvalue weighted by atomic mass is 32.1. The Morgan fingerprint density at radius 3 is 2.61 bits per heavy atom. The molecule has 0 aliphatic heterocycles. The Hall–Kier alpha value is -0.653. The summed E-state index contributed by atoms with van der Waals surface area (Å²) in [6.07, 6.45) is 0.683. The molecule has 0 radical (unpaired) electrons. The fourth-order valence-electron chi connectivity index (χ4n) is 1.42. The third-order valence-electron chi connectivity index (χ3n) is 2.60. The predicted octanol–water partition coefficient (Wildman–Crippen LogP) is 2.67. The molecule has 3 nitrogen and oxygen atoms in total. The van der Waals surface area contributed by atoms with Gasteiger partial charge < -0.3 is 9.84 Å². The number of unbranched alkanes of at least 4 members (excludes halogenated alkanes) is 1. The van der Waals surface area contributed by atoms with Gasteiger partial charge in [0.15, 0.2) is 6.10 Å². The monoisotopic (exact) mass is 286 g/mol. The summed E-state index contributed by atoms with van der Waals surface area (Å²) in [5, 5.41) is 9.92. The summed E-state index contributed by atoms with van der Waals surface area (Å²) in [6, 6.07) is 3.86. The van der Waals surface area contributed by atoms with E-state index in [2.05, 4.69) is 19.6 Å². The van der Waals surface area contributed by atoms with Crippen LogP contribution in [0.5, 0.6) is 0 Å². The molecule has 0 spiro atoms. The molecule has 1 rings (SSSR count). The van der Waals surface area contributed by atoms with E-state index in [0.29, 0.717) is 11.5 Å². The molecule has 0 aliphatic carbocycles. The van der Waals surface area contributed by atoms with Crippen LogP contribution in [-0.4, -0.2) is 25.8 Å². The molecule has 0 fully saturated rings. The number of ether oxygens (including phenoxy) is 1. The van der Waals surface area contributed by atoms with Gasteiger partial charge in [-0.15, -0.1) is 11.3 Å². The van der Waals surface area contributed by atoms with E-state index in [9.17, 15) is 9.90 Å². The van der Waals surface area contributed by atoms with Crippen LogP contribution in [0.25, 0.3) is 0 Å². The summed E-state index contributed by atoms with van der Waals surface area (Å²) >= 11 is 1.53. The van der Waals surface area contributed by atoms with Crippen molar-refractivity contribution < 1.29 is 14.6 Å². The first-order chi connectivity index (χ1) is 8.36. The van der Waals surface area contributed by atoms with E-state index in [1.54, 1.807) is 0 Å². The van der Waals surface area contributed by atoms with Crippen molar-refractivity contribution in [2.24, 2.45) is 0 Å². The maximum Gasteiger partial charge on any atom is 0.340 e.